The van der Waals surface area contributed by atoms with Gasteiger partial charge in [0.1, 0.15) is 11.9 Å². The van der Waals surface area contributed by atoms with E-state index in [9.17, 15) is 9.18 Å². The highest BCUT2D eigenvalue weighted by Crippen LogP contribution is 2.33. The number of amides is 1. The van der Waals surface area contributed by atoms with E-state index in [1.807, 2.05) is 0 Å². The maximum Gasteiger partial charge on any atom is 0.246 e. The zero-order chi connectivity index (χ0) is 11.1. The molecular formula is C12H13FN2O. The smallest absolute Gasteiger partial charge is 0.246 e. The Bertz CT molecular complexity index is 443. The predicted molar refractivity (Wildman–Crippen MR) is 58.5 cm³/mol. The average molecular weight is 220 g/mol. The summed E-state index contributed by atoms with van der Waals surface area (Å²) in [4.78, 5) is 11.7. The second-order valence-corrected chi connectivity index (χ2v) is 4.45. The number of nitrogens with one attached hydrogen (secondary N) is 2. The Balaban J connectivity index is 1.88. The molecular weight excluding hydrogens is 207 g/mol. The molecule has 1 fully saturated rings. The Morgan fingerprint density at radius 2 is 2.19 bits per heavy atom. The highest BCUT2D eigenvalue weighted by atomic mass is 19.1. The third-order valence-corrected chi connectivity index (χ3v) is 3.35. The summed E-state index contributed by atoms with van der Waals surface area (Å²) in [5, 5.41) is 6.03. The molecule has 0 radical (unpaired) electrons. The summed E-state index contributed by atoms with van der Waals surface area (Å²) >= 11 is 0. The third kappa shape index (κ3) is 1.50. The van der Waals surface area contributed by atoms with E-state index < -0.39 is 0 Å². The van der Waals surface area contributed by atoms with Gasteiger partial charge in [-0.2, -0.15) is 0 Å². The predicted octanol–water partition coefficient (Wildman–Crippen LogP) is 1.96. The molecule has 2 aliphatic rings. The molecule has 0 saturated heterocycles. The van der Waals surface area contributed by atoms with Crippen LogP contribution in [0.3, 0.4) is 0 Å². The van der Waals surface area contributed by atoms with Gasteiger partial charge in [0.05, 0.1) is 0 Å². The maximum absolute atomic E-state index is 13.1. The fourth-order valence-electron chi connectivity index (χ4n) is 2.21. The average Bonchev–Trinajstić information content (AvgIpc) is 2.48. The molecule has 4 heteroatoms. The number of anilines is 1. The lowest BCUT2D eigenvalue weighted by Crippen LogP contribution is -2.40. The normalized spacial score (nSPS) is 23.8. The minimum atomic E-state index is -0.379. The number of rotatable bonds is 2. The third-order valence-electron chi connectivity index (χ3n) is 3.35. The molecule has 2 N–H and O–H groups in total. The number of hydrogen-bond acceptors (Lipinski definition) is 2. The van der Waals surface area contributed by atoms with Gasteiger partial charge in [0.25, 0.3) is 0 Å². The van der Waals surface area contributed by atoms with Gasteiger partial charge in [-0.1, -0.05) is 6.42 Å². The fourth-order valence-corrected chi connectivity index (χ4v) is 2.21. The Kier molecular flexibility index (Phi) is 2.17. The number of halogens is 1. The van der Waals surface area contributed by atoms with Gasteiger partial charge in [-0.3, -0.25) is 10.1 Å². The molecule has 16 heavy (non-hydrogen) atoms. The number of hydrogen-bond donors (Lipinski definition) is 2. The van der Waals surface area contributed by atoms with Crippen LogP contribution in [0.15, 0.2) is 18.2 Å². The minimum Gasteiger partial charge on any atom is -0.324 e. The Hall–Kier alpha value is -1.42. The van der Waals surface area contributed by atoms with Crippen molar-refractivity contribution in [3.8, 4) is 0 Å². The molecule has 1 aliphatic heterocycles. The van der Waals surface area contributed by atoms with E-state index in [2.05, 4.69) is 10.6 Å². The molecule has 1 amide bonds. The van der Waals surface area contributed by atoms with E-state index in [4.69, 9.17) is 0 Å². The lowest BCUT2D eigenvalue weighted by molar-refractivity contribution is -0.118. The summed E-state index contributed by atoms with van der Waals surface area (Å²) in [5.41, 5.74) is 1.46. The SMILES string of the molecule is O=C1Nc2ccc(F)cc2C1NC1CCC1. The molecule has 1 aromatic carbocycles. The van der Waals surface area contributed by atoms with Gasteiger partial charge < -0.3 is 5.32 Å². The van der Waals surface area contributed by atoms with Gasteiger partial charge in [-0.05, 0) is 31.0 Å². The van der Waals surface area contributed by atoms with Gasteiger partial charge in [-0.25, -0.2) is 4.39 Å². The molecule has 1 atom stereocenters. The summed E-state index contributed by atoms with van der Waals surface area (Å²) in [7, 11) is 0. The van der Waals surface area contributed by atoms with Crippen molar-refractivity contribution in [1.29, 1.82) is 0 Å². The van der Waals surface area contributed by atoms with Crippen molar-refractivity contribution in [3.63, 3.8) is 0 Å². The van der Waals surface area contributed by atoms with Crippen molar-refractivity contribution < 1.29 is 9.18 Å². The summed E-state index contributed by atoms with van der Waals surface area (Å²) in [5.74, 6) is -0.372. The van der Waals surface area contributed by atoms with Crippen molar-refractivity contribution in [1.82, 2.24) is 5.32 Å². The molecule has 1 saturated carbocycles. The second-order valence-electron chi connectivity index (χ2n) is 4.45. The Morgan fingerprint density at radius 3 is 2.88 bits per heavy atom. The summed E-state index contributed by atoms with van der Waals surface area (Å²) in [6.45, 7) is 0. The van der Waals surface area contributed by atoms with Crippen LogP contribution in [0.2, 0.25) is 0 Å². The minimum absolute atomic E-state index is 0.0764. The van der Waals surface area contributed by atoms with Gasteiger partial charge in [0, 0.05) is 17.3 Å². The molecule has 0 bridgehead atoms. The molecule has 84 valence electrons. The molecule has 0 aromatic heterocycles. The quantitative estimate of drug-likeness (QED) is 0.800. The first-order valence-corrected chi connectivity index (χ1v) is 5.60. The van der Waals surface area contributed by atoms with Crippen LogP contribution in [0.1, 0.15) is 30.9 Å². The van der Waals surface area contributed by atoms with Gasteiger partial charge in [0.2, 0.25) is 5.91 Å². The Labute approximate surface area is 93.0 Å². The summed E-state index contributed by atoms with van der Waals surface area (Å²) < 4.78 is 13.1. The monoisotopic (exact) mass is 220 g/mol. The lowest BCUT2D eigenvalue weighted by Gasteiger charge is -2.29. The molecule has 3 nitrogen and oxygen atoms in total. The van der Waals surface area contributed by atoms with Crippen molar-refractivity contribution in [3.05, 3.63) is 29.6 Å². The van der Waals surface area contributed by atoms with Crippen LogP contribution >= 0.6 is 0 Å². The fraction of sp³-hybridized carbons (Fsp3) is 0.417. The Morgan fingerprint density at radius 1 is 1.38 bits per heavy atom. The highest BCUT2D eigenvalue weighted by Gasteiger charge is 2.33. The van der Waals surface area contributed by atoms with E-state index in [0.29, 0.717) is 6.04 Å². The first kappa shape index (κ1) is 9.78. The number of carbonyl (C=O) groups excluding carboxylic acids is 1. The van der Waals surface area contributed by atoms with Crippen LogP contribution in [0.5, 0.6) is 0 Å². The van der Waals surface area contributed by atoms with Crippen molar-refractivity contribution in [2.45, 2.75) is 31.3 Å². The van der Waals surface area contributed by atoms with Crippen LogP contribution in [0.4, 0.5) is 10.1 Å². The molecule has 1 unspecified atom stereocenters. The van der Waals surface area contributed by atoms with Gasteiger partial charge in [-0.15, -0.1) is 0 Å². The highest BCUT2D eigenvalue weighted by molar-refractivity contribution is 6.02. The first-order valence-electron chi connectivity index (χ1n) is 5.60. The molecule has 1 aliphatic carbocycles. The largest absolute Gasteiger partial charge is 0.324 e. The summed E-state index contributed by atoms with van der Waals surface area (Å²) in [6.07, 6.45) is 3.42. The second kappa shape index (κ2) is 3.56. The lowest BCUT2D eigenvalue weighted by atomic mass is 9.91. The number of fused-ring (bicyclic) bond motifs is 1. The van der Waals surface area contributed by atoms with E-state index in [-0.39, 0.29) is 17.8 Å². The van der Waals surface area contributed by atoms with E-state index in [1.165, 1.54) is 18.6 Å². The van der Waals surface area contributed by atoms with Crippen LogP contribution in [0.25, 0.3) is 0 Å². The molecule has 0 spiro atoms. The van der Waals surface area contributed by atoms with Gasteiger partial charge >= 0.3 is 0 Å². The van der Waals surface area contributed by atoms with Crippen molar-refractivity contribution in [2.24, 2.45) is 0 Å². The van der Waals surface area contributed by atoms with E-state index in [1.54, 1.807) is 6.07 Å². The standard InChI is InChI=1S/C12H13FN2O/c13-7-4-5-10-9(6-7)11(12(16)15-10)14-8-2-1-3-8/h4-6,8,11,14H,1-3H2,(H,15,16). The molecule has 1 aromatic rings. The zero-order valence-corrected chi connectivity index (χ0v) is 8.79. The van der Waals surface area contributed by atoms with Crippen molar-refractivity contribution in [2.75, 3.05) is 5.32 Å². The number of benzene rings is 1. The van der Waals surface area contributed by atoms with Crippen LogP contribution in [-0.4, -0.2) is 11.9 Å². The van der Waals surface area contributed by atoms with Crippen LogP contribution in [0, 0.1) is 5.82 Å². The van der Waals surface area contributed by atoms with E-state index in [0.717, 1.165) is 24.1 Å². The molecule has 1 heterocycles. The maximum atomic E-state index is 13.1. The van der Waals surface area contributed by atoms with Crippen LogP contribution in [-0.2, 0) is 4.79 Å². The summed E-state index contributed by atoms with van der Waals surface area (Å²) in [6, 6.07) is 4.44. The molecule has 3 rings (SSSR count). The number of carbonyl (C=O) groups is 1. The van der Waals surface area contributed by atoms with Crippen molar-refractivity contribution >= 4 is 11.6 Å². The zero-order valence-electron chi connectivity index (χ0n) is 8.79. The topological polar surface area (TPSA) is 41.1 Å². The van der Waals surface area contributed by atoms with Crippen LogP contribution < -0.4 is 10.6 Å². The van der Waals surface area contributed by atoms with Gasteiger partial charge in [0.15, 0.2) is 0 Å². The van der Waals surface area contributed by atoms with E-state index >= 15 is 0 Å². The first-order chi connectivity index (χ1) is 7.74.